The maximum absolute atomic E-state index is 6.30. The highest BCUT2D eigenvalue weighted by Crippen LogP contribution is 2.29. The summed E-state index contributed by atoms with van der Waals surface area (Å²) in [5, 5.41) is 1.33. The molecular weight excluding hydrogens is 291 g/mol. The van der Waals surface area contributed by atoms with Crippen LogP contribution in [0.2, 0.25) is 10.0 Å². The molecule has 2 N–H and O–H groups in total. The Labute approximate surface area is 130 Å². The van der Waals surface area contributed by atoms with Gasteiger partial charge in [0.25, 0.3) is 0 Å². The fraction of sp³-hybridized carbons (Fsp3) is 0.250. The van der Waals surface area contributed by atoms with Gasteiger partial charge in [-0.15, -0.1) is 0 Å². The van der Waals surface area contributed by atoms with E-state index in [2.05, 4.69) is 17.0 Å². The van der Waals surface area contributed by atoms with Crippen molar-refractivity contribution >= 4 is 28.9 Å². The first kappa shape index (κ1) is 15.2. The first-order valence-corrected chi connectivity index (χ1v) is 7.20. The van der Waals surface area contributed by atoms with E-state index in [1.54, 1.807) is 0 Å². The van der Waals surface area contributed by atoms with Crippen molar-refractivity contribution in [3.63, 3.8) is 0 Å². The standard InChI is InChI=1S/C16H18Cl2N2/c1-20(2)12-6-3-5-11(9-12)16(19)10-13-14(17)7-4-8-15(13)18/h3-9,16H,10,19H2,1-2H3. The van der Waals surface area contributed by atoms with Crippen molar-refractivity contribution in [2.24, 2.45) is 5.73 Å². The second kappa shape index (κ2) is 6.49. The number of halogens is 2. The normalized spacial score (nSPS) is 12.2. The largest absolute Gasteiger partial charge is 0.378 e. The van der Waals surface area contributed by atoms with E-state index in [9.17, 15) is 0 Å². The number of rotatable bonds is 4. The minimum atomic E-state index is -0.132. The van der Waals surface area contributed by atoms with Gasteiger partial charge in [-0.25, -0.2) is 0 Å². The molecule has 2 aromatic carbocycles. The van der Waals surface area contributed by atoms with Gasteiger partial charge < -0.3 is 10.6 Å². The van der Waals surface area contributed by atoms with Gasteiger partial charge >= 0.3 is 0 Å². The maximum atomic E-state index is 6.30. The smallest absolute Gasteiger partial charge is 0.0453 e. The highest BCUT2D eigenvalue weighted by Gasteiger charge is 2.13. The van der Waals surface area contributed by atoms with Gasteiger partial charge in [0.15, 0.2) is 0 Å². The van der Waals surface area contributed by atoms with E-state index in [1.807, 2.05) is 44.4 Å². The van der Waals surface area contributed by atoms with Gasteiger partial charge in [-0.3, -0.25) is 0 Å². The zero-order valence-electron chi connectivity index (χ0n) is 11.6. The van der Waals surface area contributed by atoms with Crippen LogP contribution in [0.15, 0.2) is 42.5 Å². The van der Waals surface area contributed by atoms with Crippen LogP contribution in [0.25, 0.3) is 0 Å². The van der Waals surface area contributed by atoms with Crippen LogP contribution in [0.4, 0.5) is 5.69 Å². The number of anilines is 1. The van der Waals surface area contributed by atoms with Crippen LogP contribution >= 0.6 is 23.2 Å². The quantitative estimate of drug-likeness (QED) is 0.912. The van der Waals surface area contributed by atoms with E-state index in [4.69, 9.17) is 28.9 Å². The number of nitrogens with zero attached hydrogens (tertiary/aromatic N) is 1. The van der Waals surface area contributed by atoms with Crippen LogP contribution in [0, 0.1) is 0 Å². The van der Waals surface area contributed by atoms with Crippen LogP contribution < -0.4 is 10.6 Å². The predicted molar refractivity (Wildman–Crippen MR) is 87.9 cm³/mol. The summed E-state index contributed by atoms with van der Waals surface area (Å²) in [7, 11) is 4.02. The van der Waals surface area contributed by atoms with E-state index < -0.39 is 0 Å². The van der Waals surface area contributed by atoms with E-state index in [-0.39, 0.29) is 6.04 Å². The molecule has 0 bridgehead atoms. The second-order valence-corrected chi connectivity index (χ2v) is 5.81. The van der Waals surface area contributed by atoms with E-state index in [1.165, 1.54) is 0 Å². The zero-order chi connectivity index (χ0) is 14.7. The first-order valence-electron chi connectivity index (χ1n) is 6.45. The molecule has 4 heteroatoms. The summed E-state index contributed by atoms with van der Waals surface area (Å²) in [6, 6.07) is 13.6. The van der Waals surface area contributed by atoms with Crippen molar-refractivity contribution in [2.45, 2.75) is 12.5 Å². The third-order valence-corrected chi connectivity index (χ3v) is 4.01. The van der Waals surface area contributed by atoms with Crippen LogP contribution in [-0.2, 0) is 6.42 Å². The molecule has 2 aromatic rings. The van der Waals surface area contributed by atoms with E-state index in [0.717, 1.165) is 16.8 Å². The molecule has 0 amide bonds. The van der Waals surface area contributed by atoms with Crippen molar-refractivity contribution in [1.29, 1.82) is 0 Å². The number of hydrogen-bond donors (Lipinski definition) is 1. The lowest BCUT2D eigenvalue weighted by Gasteiger charge is -2.18. The molecule has 0 saturated carbocycles. The second-order valence-electron chi connectivity index (χ2n) is 5.00. The van der Waals surface area contributed by atoms with Crippen molar-refractivity contribution in [3.05, 3.63) is 63.6 Å². The SMILES string of the molecule is CN(C)c1cccc(C(N)Cc2c(Cl)cccc2Cl)c1. The Balaban J connectivity index is 2.24. The van der Waals surface area contributed by atoms with Gasteiger partial charge in [0.2, 0.25) is 0 Å². The summed E-state index contributed by atoms with van der Waals surface area (Å²) < 4.78 is 0. The Kier molecular flexibility index (Phi) is 4.92. The van der Waals surface area contributed by atoms with E-state index >= 15 is 0 Å². The molecular formula is C16H18Cl2N2. The third-order valence-electron chi connectivity index (χ3n) is 3.30. The van der Waals surface area contributed by atoms with Crippen molar-refractivity contribution < 1.29 is 0 Å². The van der Waals surface area contributed by atoms with Gasteiger partial charge in [0.1, 0.15) is 0 Å². The third kappa shape index (κ3) is 3.45. The fourth-order valence-corrected chi connectivity index (χ4v) is 2.65. The summed E-state index contributed by atoms with van der Waals surface area (Å²) in [4.78, 5) is 2.05. The average Bonchev–Trinajstić information content (AvgIpc) is 2.43. The lowest BCUT2D eigenvalue weighted by atomic mass is 9.99. The molecule has 2 rings (SSSR count). The molecule has 0 spiro atoms. The molecule has 0 aliphatic carbocycles. The fourth-order valence-electron chi connectivity index (χ4n) is 2.10. The summed E-state index contributed by atoms with van der Waals surface area (Å²) in [5.41, 5.74) is 9.40. The molecule has 2 nitrogen and oxygen atoms in total. The maximum Gasteiger partial charge on any atom is 0.0453 e. The molecule has 0 heterocycles. The lowest BCUT2D eigenvalue weighted by Crippen LogP contribution is -2.15. The molecule has 0 saturated heterocycles. The van der Waals surface area contributed by atoms with Crippen LogP contribution in [-0.4, -0.2) is 14.1 Å². The molecule has 0 aliphatic rings. The average molecular weight is 309 g/mol. The first-order chi connectivity index (χ1) is 9.49. The Morgan fingerprint density at radius 1 is 1.05 bits per heavy atom. The highest BCUT2D eigenvalue weighted by atomic mass is 35.5. The molecule has 0 aliphatic heterocycles. The Hall–Kier alpha value is -1.22. The molecule has 106 valence electrons. The molecule has 0 aromatic heterocycles. The topological polar surface area (TPSA) is 29.3 Å². The van der Waals surface area contributed by atoms with Crippen molar-refractivity contribution in [3.8, 4) is 0 Å². The molecule has 0 fully saturated rings. The van der Waals surface area contributed by atoms with Gasteiger partial charge in [-0.1, -0.05) is 41.4 Å². The van der Waals surface area contributed by atoms with Crippen LogP contribution in [0.1, 0.15) is 17.2 Å². The Morgan fingerprint density at radius 3 is 2.25 bits per heavy atom. The van der Waals surface area contributed by atoms with Crippen LogP contribution in [0.5, 0.6) is 0 Å². The van der Waals surface area contributed by atoms with E-state index in [0.29, 0.717) is 16.5 Å². The predicted octanol–water partition coefficient (Wildman–Crippen LogP) is 4.30. The number of benzene rings is 2. The summed E-state index contributed by atoms with van der Waals surface area (Å²) >= 11 is 12.4. The molecule has 1 atom stereocenters. The molecule has 0 radical (unpaired) electrons. The van der Waals surface area contributed by atoms with Crippen LogP contribution in [0.3, 0.4) is 0 Å². The highest BCUT2D eigenvalue weighted by molar-refractivity contribution is 6.36. The molecule has 20 heavy (non-hydrogen) atoms. The Morgan fingerprint density at radius 2 is 1.65 bits per heavy atom. The van der Waals surface area contributed by atoms with Gasteiger partial charge in [0.05, 0.1) is 0 Å². The van der Waals surface area contributed by atoms with Crippen molar-refractivity contribution in [2.75, 3.05) is 19.0 Å². The minimum absolute atomic E-state index is 0.132. The Bertz CT molecular complexity index is 577. The van der Waals surface area contributed by atoms with Crippen molar-refractivity contribution in [1.82, 2.24) is 0 Å². The van der Waals surface area contributed by atoms with Gasteiger partial charge in [-0.2, -0.15) is 0 Å². The summed E-state index contributed by atoms with van der Waals surface area (Å²) in [6.45, 7) is 0. The zero-order valence-corrected chi connectivity index (χ0v) is 13.1. The van der Waals surface area contributed by atoms with Gasteiger partial charge in [-0.05, 0) is 41.8 Å². The summed E-state index contributed by atoms with van der Waals surface area (Å²) in [6.07, 6.45) is 0.620. The van der Waals surface area contributed by atoms with Gasteiger partial charge in [0, 0.05) is 35.9 Å². The number of hydrogen-bond acceptors (Lipinski definition) is 2. The number of nitrogens with two attached hydrogens (primary N) is 1. The monoisotopic (exact) mass is 308 g/mol. The minimum Gasteiger partial charge on any atom is -0.378 e. The molecule has 1 unspecified atom stereocenters. The lowest BCUT2D eigenvalue weighted by molar-refractivity contribution is 0.722. The summed E-state index contributed by atoms with van der Waals surface area (Å²) in [5.74, 6) is 0.